The zero-order chi connectivity index (χ0) is 15.7. The average molecular weight is 317 g/mol. The van der Waals surface area contributed by atoms with Crippen molar-refractivity contribution in [3.8, 4) is 17.0 Å². The Morgan fingerprint density at radius 1 is 1.50 bits per heavy atom. The average Bonchev–Trinajstić information content (AvgIpc) is 2.86. The minimum Gasteiger partial charge on any atom is -0.487 e. The van der Waals surface area contributed by atoms with Crippen molar-refractivity contribution in [3.05, 3.63) is 28.6 Å². The minimum atomic E-state index is -0.0710. The number of nitrogens with one attached hydrogen (secondary N) is 1. The lowest BCUT2D eigenvalue weighted by molar-refractivity contribution is -0.119. The Morgan fingerprint density at radius 2 is 2.32 bits per heavy atom. The van der Waals surface area contributed by atoms with Gasteiger partial charge in [0.15, 0.2) is 5.96 Å². The van der Waals surface area contributed by atoms with Gasteiger partial charge < -0.3 is 21.5 Å². The fraction of sp³-hybridized carbons (Fsp3) is 0.214. The zero-order valence-corrected chi connectivity index (χ0v) is 12.7. The lowest BCUT2D eigenvalue weighted by atomic mass is 10.0. The van der Waals surface area contributed by atoms with Gasteiger partial charge in [0.1, 0.15) is 12.4 Å². The number of thiazole rings is 1. The number of aliphatic imine (C=N–C) groups is 1. The van der Waals surface area contributed by atoms with Crippen LogP contribution < -0.4 is 21.5 Å². The summed E-state index contributed by atoms with van der Waals surface area (Å²) in [7, 11) is 0. The molecule has 1 aromatic heterocycles. The van der Waals surface area contributed by atoms with Gasteiger partial charge in [-0.2, -0.15) is 4.99 Å². The van der Waals surface area contributed by atoms with Crippen molar-refractivity contribution in [2.45, 2.75) is 20.1 Å². The van der Waals surface area contributed by atoms with Crippen molar-refractivity contribution in [1.82, 2.24) is 10.3 Å². The highest BCUT2D eigenvalue weighted by atomic mass is 32.1. The van der Waals surface area contributed by atoms with E-state index in [1.807, 2.05) is 18.2 Å². The minimum absolute atomic E-state index is 0.0216. The second kappa shape index (κ2) is 5.64. The van der Waals surface area contributed by atoms with Gasteiger partial charge >= 0.3 is 0 Å². The highest BCUT2D eigenvalue weighted by Gasteiger charge is 2.22. The van der Waals surface area contributed by atoms with E-state index in [-0.39, 0.29) is 11.9 Å². The molecule has 1 amide bonds. The van der Waals surface area contributed by atoms with E-state index >= 15 is 0 Å². The summed E-state index contributed by atoms with van der Waals surface area (Å²) in [5.74, 6) is 0.672. The molecule has 0 fully saturated rings. The first kappa shape index (κ1) is 14.3. The van der Waals surface area contributed by atoms with Crippen LogP contribution >= 0.6 is 11.3 Å². The smallest absolute Gasteiger partial charge is 0.217 e. The lowest BCUT2D eigenvalue weighted by Gasteiger charge is -2.17. The summed E-state index contributed by atoms with van der Waals surface area (Å²) in [5.41, 5.74) is 13.5. The van der Waals surface area contributed by atoms with Gasteiger partial charge in [0.2, 0.25) is 11.0 Å². The monoisotopic (exact) mass is 317 g/mol. The van der Waals surface area contributed by atoms with Crippen molar-refractivity contribution in [3.63, 3.8) is 0 Å². The highest BCUT2D eigenvalue weighted by Crippen LogP contribution is 2.42. The van der Waals surface area contributed by atoms with Crippen LogP contribution in [-0.2, 0) is 17.9 Å². The number of hydrogen-bond acceptors (Lipinski definition) is 5. The van der Waals surface area contributed by atoms with E-state index < -0.39 is 0 Å². The summed E-state index contributed by atoms with van der Waals surface area (Å²) in [5, 5.41) is 3.28. The van der Waals surface area contributed by atoms with Crippen LogP contribution in [0.5, 0.6) is 5.75 Å². The second-order valence-corrected chi connectivity index (χ2v) is 5.90. The molecule has 1 aliphatic heterocycles. The molecule has 0 bridgehead atoms. The third-order valence-corrected chi connectivity index (χ3v) is 4.03. The Balaban J connectivity index is 1.97. The summed E-state index contributed by atoms with van der Waals surface area (Å²) < 4.78 is 5.72. The van der Waals surface area contributed by atoms with E-state index in [1.165, 1.54) is 18.3 Å². The van der Waals surface area contributed by atoms with E-state index in [0.29, 0.717) is 18.3 Å². The highest BCUT2D eigenvalue weighted by molar-refractivity contribution is 7.15. The number of carbonyl (C=O) groups excluding carboxylic acids is 1. The molecule has 8 heteroatoms. The number of amides is 1. The zero-order valence-electron chi connectivity index (χ0n) is 11.9. The Labute approximate surface area is 131 Å². The Morgan fingerprint density at radius 3 is 3.05 bits per heavy atom. The number of aromatic nitrogens is 1. The Hall–Kier alpha value is -2.61. The molecular weight excluding hydrogens is 302 g/mol. The number of ether oxygens (including phenoxy) is 1. The second-order valence-electron chi connectivity index (χ2n) is 4.83. The molecule has 0 atom stereocenters. The maximum absolute atomic E-state index is 11.0. The fourth-order valence-corrected chi connectivity index (χ4v) is 3.05. The predicted molar refractivity (Wildman–Crippen MR) is 84.9 cm³/mol. The predicted octanol–water partition coefficient (Wildman–Crippen LogP) is 1.24. The van der Waals surface area contributed by atoms with Gasteiger partial charge in [-0.25, -0.2) is 4.98 Å². The number of fused-ring (bicyclic) bond motifs is 3. The number of benzene rings is 1. The Bertz CT molecular complexity index is 765. The number of hydrogen-bond donors (Lipinski definition) is 3. The Kier molecular flexibility index (Phi) is 3.68. The van der Waals surface area contributed by atoms with E-state index in [2.05, 4.69) is 15.3 Å². The van der Waals surface area contributed by atoms with Crippen LogP contribution in [-0.4, -0.2) is 16.9 Å². The van der Waals surface area contributed by atoms with Crippen molar-refractivity contribution in [2.24, 2.45) is 16.5 Å². The van der Waals surface area contributed by atoms with Gasteiger partial charge in [-0.3, -0.25) is 4.79 Å². The van der Waals surface area contributed by atoms with E-state index in [4.69, 9.17) is 16.2 Å². The molecule has 1 aromatic carbocycles. The fourth-order valence-electron chi connectivity index (χ4n) is 2.17. The summed E-state index contributed by atoms with van der Waals surface area (Å²) >= 11 is 1.40. The lowest BCUT2D eigenvalue weighted by Crippen LogP contribution is -2.21. The third kappa shape index (κ3) is 2.86. The normalized spacial score (nSPS) is 11.9. The molecule has 7 nitrogen and oxygen atoms in total. The van der Waals surface area contributed by atoms with Gasteiger partial charge in [-0.15, -0.1) is 0 Å². The SMILES string of the molecule is CC(=O)NCc1ccc2c(c1)-c1nc(N=C(N)N)sc1CO2. The summed E-state index contributed by atoms with van der Waals surface area (Å²) in [6, 6.07) is 5.76. The quantitative estimate of drug-likeness (QED) is 0.582. The van der Waals surface area contributed by atoms with Crippen molar-refractivity contribution >= 4 is 28.3 Å². The van der Waals surface area contributed by atoms with E-state index in [1.54, 1.807) is 0 Å². The largest absolute Gasteiger partial charge is 0.487 e. The molecule has 1 aliphatic rings. The topological polar surface area (TPSA) is 116 Å². The molecular formula is C14H15N5O2S. The molecule has 0 radical (unpaired) electrons. The summed E-state index contributed by atoms with van der Waals surface area (Å²) in [6.07, 6.45) is 0. The number of nitrogens with two attached hydrogens (primary N) is 2. The summed E-state index contributed by atoms with van der Waals surface area (Å²) in [6.45, 7) is 2.40. The van der Waals surface area contributed by atoms with Crippen LogP contribution in [0.2, 0.25) is 0 Å². The molecule has 0 saturated carbocycles. The van der Waals surface area contributed by atoms with Gasteiger partial charge in [0, 0.05) is 19.0 Å². The molecule has 2 aromatic rings. The first-order valence-corrected chi connectivity index (χ1v) is 7.44. The standard InChI is InChI=1S/C14H15N5O2S/c1-7(20)17-5-8-2-3-10-9(4-8)12-11(6-21-10)22-14(18-12)19-13(15)16/h2-4H,5-6H2,1H3,(H,17,20)(H4,15,16,18,19). The van der Waals surface area contributed by atoms with Crippen LogP contribution in [0.1, 0.15) is 17.4 Å². The van der Waals surface area contributed by atoms with Gasteiger partial charge in [0.25, 0.3) is 0 Å². The molecule has 114 valence electrons. The van der Waals surface area contributed by atoms with Crippen LogP contribution in [0.25, 0.3) is 11.3 Å². The molecule has 0 unspecified atom stereocenters. The van der Waals surface area contributed by atoms with Gasteiger partial charge in [0.05, 0.1) is 10.6 Å². The first-order valence-electron chi connectivity index (χ1n) is 6.63. The number of nitrogens with zero attached hydrogens (tertiary/aromatic N) is 2. The molecule has 3 rings (SSSR count). The summed E-state index contributed by atoms with van der Waals surface area (Å²) in [4.78, 5) is 20.5. The van der Waals surface area contributed by atoms with E-state index in [9.17, 15) is 4.79 Å². The number of carbonyl (C=O) groups is 1. The third-order valence-electron chi connectivity index (χ3n) is 3.11. The molecule has 22 heavy (non-hydrogen) atoms. The van der Waals surface area contributed by atoms with Crippen LogP contribution in [0.3, 0.4) is 0 Å². The van der Waals surface area contributed by atoms with Crippen molar-refractivity contribution in [2.75, 3.05) is 0 Å². The van der Waals surface area contributed by atoms with Crippen LogP contribution in [0.15, 0.2) is 23.2 Å². The maximum Gasteiger partial charge on any atom is 0.217 e. The number of guanidine groups is 1. The van der Waals surface area contributed by atoms with Crippen molar-refractivity contribution < 1.29 is 9.53 Å². The van der Waals surface area contributed by atoms with E-state index in [0.717, 1.165) is 27.4 Å². The van der Waals surface area contributed by atoms with Crippen molar-refractivity contribution in [1.29, 1.82) is 0 Å². The molecule has 0 spiro atoms. The molecule has 0 saturated heterocycles. The number of rotatable bonds is 3. The maximum atomic E-state index is 11.0. The molecule has 5 N–H and O–H groups in total. The van der Waals surface area contributed by atoms with Crippen LogP contribution in [0, 0.1) is 0 Å². The first-order chi connectivity index (χ1) is 10.5. The van der Waals surface area contributed by atoms with Crippen LogP contribution in [0.4, 0.5) is 5.13 Å². The molecule has 0 aliphatic carbocycles. The van der Waals surface area contributed by atoms with Gasteiger partial charge in [-0.05, 0) is 17.7 Å². The molecule has 2 heterocycles. The van der Waals surface area contributed by atoms with Gasteiger partial charge in [-0.1, -0.05) is 17.4 Å².